The molecule has 0 amide bonds. The van der Waals surface area contributed by atoms with E-state index in [2.05, 4.69) is 20.9 Å². The third kappa shape index (κ3) is 2.62. The summed E-state index contributed by atoms with van der Waals surface area (Å²) < 4.78 is 39.1. The van der Waals surface area contributed by atoms with Crippen molar-refractivity contribution >= 4 is 48.3 Å². The smallest absolute Gasteiger partial charge is 0.209 e. The minimum Gasteiger partial charge on any atom is -0.255 e. The van der Waals surface area contributed by atoms with Crippen LogP contribution in [0.4, 0.5) is 4.39 Å². The van der Waals surface area contributed by atoms with E-state index in [1.807, 2.05) is 0 Å². The fraction of sp³-hybridized carbons (Fsp3) is 0. The second-order valence-corrected chi connectivity index (χ2v) is 7.70. The summed E-state index contributed by atoms with van der Waals surface area (Å²) in [6, 6.07) is 9.84. The van der Waals surface area contributed by atoms with Gasteiger partial charge in [0, 0.05) is 21.1 Å². The van der Waals surface area contributed by atoms with E-state index in [9.17, 15) is 12.8 Å². The molecule has 0 atom stereocenters. The molecule has 0 bridgehead atoms. The summed E-state index contributed by atoms with van der Waals surface area (Å²) >= 11 is 9.03. The lowest BCUT2D eigenvalue weighted by atomic mass is 10.2. The highest BCUT2D eigenvalue weighted by molar-refractivity contribution is 9.10. The molecule has 3 aromatic rings. The third-order valence-electron chi connectivity index (χ3n) is 3.15. The molecule has 112 valence electrons. The van der Waals surface area contributed by atoms with Crippen molar-refractivity contribution in [2.24, 2.45) is 0 Å². The highest BCUT2D eigenvalue weighted by atomic mass is 79.9. The van der Waals surface area contributed by atoms with Gasteiger partial charge in [0.15, 0.2) is 0 Å². The maximum Gasteiger partial charge on any atom is 0.209 e. The molecule has 0 saturated heterocycles. The summed E-state index contributed by atoms with van der Waals surface area (Å²) in [5.41, 5.74) is 0.503. The highest BCUT2D eigenvalue weighted by Crippen LogP contribution is 2.33. The van der Waals surface area contributed by atoms with Crippen LogP contribution in [0.3, 0.4) is 0 Å². The maximum atomic E-state index is 13.4. The van der Waals surface area contributed by atoms with Gasteiger partial charge >= 0.3 is 0 Å². The molecule has 3 nitrogen and oxygen atoms in total. The molecule has 0 saturated carbocycles. The van der Waals surface area contributed by atoms with Gasteiger partial charge in [-0.3, -0.25) is 4.98 Å². The van der Waals surface area contributed by atoms with Crippen molar-refractivity contribution < 1.29 is 12.8 Å². The highest BCUT2D eigenvalue weighted by Gasteiger charge is 2.22. The number of aromatic nitrogens is 1. The largest absolute Gasteiger partial charge is 0.255 e. The van der Waals surface area contributed by atoms with Crippen LogP contribution < -0.4 is 0 Å². The van der Waals surface area contributed by atoms with Gasteiger partial charge in [-0.2, -0.15) is 0 Å². The molecule has 0 aliphatic heterocycles. The van der Waals surface area contributed by atoms with Crippen LogP contribution in [0.2, 0.25) is 5.02 Å². The fourth-order valence-corrected chi connectivity index (χ4v) is 4.51. The quantitative estimate of drug-likeness (QED) is 0.630. The monoisotopic (exact) mass is 399 g/mol. The summed E-state index contributed by atoms with van der Waals surface area (Å²) in [4.78, 5) is 4.16. The van der Waals surface area contributed by atoms with E-state index in [0.29, 0.717) is 15.9 Å². The van der Waals surface area contributed by atoms with E-state index in [1.54, 1.807) is 0 Å². The lowest BCUT2D eigenvalue weighted by Crippen LogP contribution is -2.04. The van der Waals surface area contributed by atoms with Gasteiger partial charge in [-0.15, -0.1) is 0 Å². The van der Waals surface area contributed by atoms with E-state index in [1.165, 1.54) is 48.7 Å². The van der Waals surface area contributed by atoms with Crippen LogP contribution in [0.5, 0.6) is 0 Å². The van der Waals surface area contributed by atoms with Crippen molar-refractivity contribution in [1.82, 2.24) is 4.98 Å². The summed E-state index contributed by atoms with van der Waals surface area (Å²) in [6.07, 6.45) is 1.26. The molecule has 0 aliphatic carbocycles. The van der Waals surface area contributed by atoms with Crippen molar-refractivity contribution in [3.63, 3.8) is 0 Å². The zero-order chi connectivity index (χ0) is 15.9. The molecular weight excluding hydrogens is 393 g/mol. The lowest BCUT2D eigenvalue weighted by Gasteiger charge is -2.09. The van der Waals surface area contributed by atoms with Gasteiger partial charge < -0.3 is 0 Å². The molecule has 1 aromatic heterocycles. The first-order valence-corrected chi connectivity index (χ1v) is 8.79. The molecule has 0 aliphatic rings. The molecule has 0 spiro atoms. The van der Waals surface area contributed by atoms with Crippen molar-refractivity contribution in [2.75, 3.05) is 0 Å². The SMILES string of the molecule is O=S(=O)(c1ccc(Cl)cc1)c1cnc2ccc(F)cc2c1Br. The zero-order valence-electron chi connectivity index (χ0n) is 10.9. The topological polar surface area (TPSA) is 47.0 Å². The normalized spacial score (nSPS) is 11.8. The summed E-state index contributed by atoms with van der Waals surface area (Å²) in [7, 11) is -3.78. The molecule has 1 heterocycles. The molecule has 0 unspecified atom stereocenters. The Bertz CT molecular complexity index is 975. The molecule has 0 radical (unpaired) electrons. The Hall–Kier alpha value is -1.50. The number of hydrogen-bond donors (Lipinski definition) is 0. The van der Waals surface area contributed by atoms with Crippen molar-refractivity contribution in [3.05, 3.63) is 64.0 Å². The molecule has 7 heteroatoms. The average molecular weight is 401 g/mol. The van der Waals surface area contributed by atoms with E-state index < -0.39 is 15.7 Å². The Kier molecular flexibility index (Phi) is 3.92. The average Bonchev–Trinajstić information content (AvgIpc) is 2.48. The van der Waals surface area contributed by atoms with Crippen LogP contribution in [-0.2, 0) is 9.84 Å². The summed E-state index contributed by atoms with van der Waals surface area (Å²) in [6.45, 7) is 0. The zero-order valence-corrected chi connectivity index (χ0v) is 14.1. The number of fused-ring (bicyclic) bond motifs is 1. The van der Waals surface area contributed by atoms with Gasteiger partial charge in [-0.05, 0) is 58.4 Å². The van der Waals surface area contributed by atoms with Gasteiger partial charge in [0.1, 0.15) is 10.7 Å². The minimum atomic E-state index is -3.78. The number of halogens is 3. The molecule has 3 rings (SSSR count). The van der Waals surface area contributed by atoms with Crippen LogP contribution in [0, 0.1) is 5.82 Å². The molecule has 0 fully saturated rings. The Morgan fingerprint density at radius 3 is 2.45 bits per heavy atom. The second kappa shape index (κ2) is 5.61. The Balaban J connectivity index is 2.25. The fourth-order valence-electron chi connectivity index (χ4n) is 2.04. The van der Waals surface area contributed by atoms with Gasteiger partial charge in [0.2, 0.25) is 9.84 Å². The standard InChI is InChI=1S/C15H8BrClFNO2S/c16-15-12-7-10(18)3-6-13(12)19-8-14(15)22(20,21)11-4-1-9(17)2-5-11/h1-8H. The minimum absolute atomic E-state index is 0.0204. The first-order valence-electron chi connectivity index (χ1n) is 6.14. The number of benzene rings is 2. The van der Waals surface area contributed by atoms with Crippen LogP contribution >= 0.6 is 27.5 Å². The van der Waals surface area contributed by atoms with E-state index in [4.69, 9.17) is 11.6 Å². The van der Waals surface area contributed by atoms with Gasteiger partial charge in [-0.25, -0.2) is 12.8 Å². The molecule has 22 heavy (non-hydrogen) atoms. The molecule has 2 aromatic carbocycles. The number of sulfone groups is 1. The van der Waals surface area contributed by atoms with Crippen LogP contribution in [0.25, 0.3) is 10.9 Å². The Morgan fingerprint density at radius 2 is 1.77 bits per heavy atom. The number of hydrogen-bond acceptors (Lipinski definition) is 3. The van der Waals surface area contributed by atoms with Gasteiger partial charge in [0.05, 0.1) is 10.4 Å². The van der Waals surface area contributed by atoms with Crippen LogP contribution in [-0.4, -0.2) is 13.4 Å². The summed E-state index contributed by atoms with van der Waals surface area (Å²) in [5.74, 6) is -0.462. The first-order chi connectivity index (χ1) is 10.4. The number of rotatable bonds is 2. The molecular formula is C15H8BrClFNO2S. The van der Waals surface area contributed by atoms with E-state index >= 15 is 0 Å². The predicted molar refractivity (Wildman–Crippen MR) is 86.3 cm³/mol. The van der Waals surface area contributed by atoms with E-state index in [0.717, 1.165) is 0 Å². The maximum absolute atomic E-state index is 13.4. The summed E-state index contributed by atoms with van der Waals surface area (Å²) in [5, 5.41) is 0.840. The van der Waals surface area contributed by atoms with Crippen molar-refractivity contribution in [1.29, 1.82) is 0 Å². The van der Waals surface area contributed by atoms with Crippen molar-refractivity contribution in [3.8, 4) is 0 Å². The second-order valence-electron chi connectivity index (χ2n) is 4.56. The first kappa shape index (κ1) is 15.4. The van der Waals surface area contributed by atoms with Crippen molar-refractivity contribution in [2.45, 2.75) is 9.79 Å². The predicted octanol–water partition coefficient (Wildman–Crippen LogP) is 4.62. The van der Waals surface area contributed by atoms with Gasteiger partial charge in [0.25, 0.3) is 0 Å². The lowest BCUT2D eigenvalue weighted by molar-refractivity contribution is 0.595. The van der Waals surface area contributed by atoms with Crippen LogP contribution in [0.15, 0.2) is 62.9 Å². The third-order valence-corrected chi connectivity index (χ3v) is 6.30. The Morgan fingerprint density at radius 1 is 1.09 bits per heavy atom. The van der Waals surface area contributed by atoms with Gasteiger partial charge in [-0.1, -0.05) is 11.6 Å². The molecule has 0 N–H and O–H groups in total. The number of nitrogens with zero attached hydrogens (tertiary/aromatic N) is 1. The Labute approximate surface area is 139 Å². The van der Waals surface area contributed by atoms with Crippen LogP contribution in [0.1, 0.15) is 0 Å². The van der Waals surface area contributed by atoms with E-state index in [-0.39, 0.29) is 14.3 Å². The number of pyridine rings is 1.